The molecule has 0 bridgehead atoms. The molecule has 20 heavy (non-hydrogen) atoms. The summed E-state index contributed by atoms with van der Waals surface area (Å²) < 4.78 is 0. The minimum absolute atomic E-state index is 0.251. The van der Waals surface area contributed by atoms with Crippen molar-refractivity contribution in [3.63, 3.8) is 0 Å². The average Bonchev–Trinajstić information content (AvgIpc) is 2.90. The molecule has 3 nitrogen and oxygen atoms in total. The van der Waals surface area contributed by atoms with Gasteiger partial charge >= 0.3 is 0 Å². The van der Waals surface area contributed by atoms with Crippen LogP contribution in [0.3, 0.4) is 0 Å². The number of carbonyl (C=O) groups is 1. The molecule has 1 heterocycles. The van der Waals surface area contributed by atoms with Crippen LogP contribution in [-0.2, 0) is 11.3 Å². The molecule has 0 spiro atoms. The summed E-state index contributed by atoms with van der Waals surface area (Å²) in [5.41, 5.74) is 2.31. The van der Waals surface area contributed by atoms with Crippen molar-refractivity contribution in [2.24, 2.45) is 5.92 Å². The maximum atomic E-state index is 11.7. The fourth-order valence-corrected chi connectivity index (χ4v) is 2.55. The minimum atomic E-state index is 0.251. The van der Waals surface area contributed by atoms with Crippen molar-refractivity contribution in [2.75, 3.05) is 11.4 Å². The highest BCUT2D eigenvalue weighted by Crippen LogP contribution is 2.21. The second kappa shape index (κ2) is 6.89. The lowest BCUT2D eigenvalue weighted by molar-refractivity contribution is -0.117. The molecule has 0 aliphatic carbocycles. The SMILES string of the molecule is CCC(C)C(C)NCc1ccc(N2CCCC2=O)cc1. The molecular weight excluding hydrogens is 248 g/mol. The standard InChI is InChI=1S/C17H26N2O/c1-4-13(2)14(3)18-12-15-7-9-16(10-8-15)19-11-5-6-17(19)20/h7-10,13-14,18H,4-6,11-12H2,1-3H3. The zero-order valence-corrected chi connectivity index (χ0v) is 12.9. The molecule has 1 saturated heterocycles. The molecule has 2 unspecified atom stereocenters. The largest absolute Gasteiger partial charge is 0.312 e. The number of carbonyl (C=O) groups excluding carboxylic acids is 1. The lowest BCUT2D eigenvalue weighted by Gasteiger charge is -2.20. The Morgan fingerprint density at radius 3 is 2.50 bits per heavy atom. The topological polar surface area (TPSA) is 32.3 Å². The monoisotopic (exact) mass is 274 g/mol. The summed E-state index contributed by atoms with van der Waals surface area (Å²) in [6.07, 6.45) is 2.87. The van der Waals surface area contributed by atoms with Crippen molar-refractivity contribution in [1.82, 2.24) is 5.32 Å². The molecule has 1 fully saturated rings. The Kier molecular flexibility index (Phi) is 5.18. The third-order valence-electron chi connectivity index (χ3n) is 4.45. The van der Waals surface area contributed by atoms with E-state index in [4.69, 9.17) is 0 Å². The normalized spacial score (nSPS) is 18.4. The van der Waals surface area contributed by atoms with Gasteiger partial charge in [-0.15, -0.1) is 0 Å². The fourth-order valence-electron chi connectivity index (χ4n) is 2.55. The van der Waals surface area contributed by atoms with Gasteiger partial charge in [-0.3, -0.25) is 4.79 Å². The summed E-state index contributed by atoms with van der Waals surface area (Å²) in [4.78, 5) is 13.6. The Morgan fingerprint density at radius 1 is 1.25 bits per heavy atom. The van der Waals surface area contributed by atoms with E-state index in [1.54, 1.807) is 0 Å². The zero-order valence-electron chi connectivity index (χ0n) is 12.9. The molecule has 1 aromatic rings. The van der Waals surface area contributed by atoms with E-state index in [-0.39, 0.29) is 5.91 Å². The molecule has 2 rings (SSSR count). The van der Waals surface area contributed by atoms with Gasteiger partial charge in [0.25, 0.3) is 0 Å². The van der Waals surface area contributed by atoms with Crippen LogP contribution in [0.1, 0.15) is 45.6 Å². The second-order valence-corrected chi connectivity index (χ2v) is 5.87. The summed E-state index contributed by atoms with van der Waals surface area (Å²) in [7, 11) is 0. The van der Waals surface area contributed by atoms with Crippen LogP contribution >= 0.6 is 0 Å². The van der Waals surface area contributed by atoms with E-state index in [1.807, 2.05) is 4.90 Å². The van der Waals surface area contributed by atoms with Crippen LogP contribution in [0.5, 0.6) is 0 Å². The van der Waals surface area contributed by atoms with E-state index >= 15 is 0 Å². The first kappa shape index (κ1) is 15.0. The Balaban J connectivity index is 1.90. The van der Waals surface area contributed by atoms with Gasteiger partial charge in [0.2, 0.25) is 5.91 Å². The van der Waals surface area contributed by atoms with Gasteiger partial charge in [0.05, 0.1) is 0 Å². The summed E-state index contributed by atoms with van der Waals surface area (Å²) in [5.74, 6) is 0.942. The lowest BCUT2D eigenvalue weighted by atomic mass is 10.0. The van der Waals surface area contributed by atoms with E-state index in [2.05, 4.69) is 50.4 Å². The smallest absolute Gasteiger partial charge is 0.227 e. The molecule has 2 atom stereocenters. The van der Waals surface area contributed by atoms with Crippen molar-refractivity contribution < 1.29 is 4.79 Å². The number of nitrogens with one attached hydrogen (secondary N) is 1. The van der Waals surface area contributed by atoms with Gasteiger partial charge in [-0.05, 0) is 37.0 Å². The molecule has 110 valence electrons. The number of nitrogens with zero attached hydrogens (tertiary/aromatic N) is 1. The number of benzene rings is 1. The molecule has 1 amide bonds. The summed E-state index contributed by atoms with van der Waals surface area (Å²) in [6.45, 7) is 8.50. The van der Waals surface area contributed by atoms with Crippen LogP contribution in [0.4, 0.5) is 5.69 Å². The van der Waals surface area contributed by atoms with Crippen molar-refractivity contribution in [1.29, 1.82) is 0 Å². The van der Waals surface area contributed by atoms with E-state index < -0.39 is 0 Å². The maximum Gasteiger partial charge on any atom is 0.227 e. The first-order valence-electron chi connectivity index (χ1n) is 7.74. The van der Waals surface area contributed by atoms with Crippen molar-refractivity contribution in [2.45, 2.75) is 52.6 Å². The van der Waals surface area contributed by atoms with Gasteiger partial charge in [0.1, 0.15) is 0 Å². The summed E-state index contributed by atoms with van der Waals surface area (Å²) in [6, 6.07) is 8.90. The first-order chi connectivity index (χ1) is 9.61. The van der Waals surface area contributed by atoms with Crippen LogP contribution < -0.4 is 10.2 Å². The number of anilines is 1. The Bertz CT molecular complexity index is 441. The molecule has 0 radical (unpaired) electrons. The van der Waals surface area contributed by atoms with Crippen LogP contribution in [0, 0.1) is 5.92 Å². The van der Waals surface area contributed by atoms with E-state index in [0.29, 0.717) is 18.4 Å². The fraction of sp³-hybridized carbons (Fsp3) is 0.588. The zero-order chi connectivity index (χ0) is 14.5. The molecule has 1 N–H and O–H groups in total. The number of hydrogen-bond donors (Lipinski definition) is 1. The number of rotatable bonds is 6. The molecule has 0 aromatic heterocycles. The molecule has 3 heteroatoms. The number of amides is 1. The predicted molar refractivity (Wildman–Crippen MR) is 83.8 cm³/mol. The van der Waals surface area contributed by atoms with Gasteiger partial charge in [-0.2, -0.15) is 0 Å². The predicted octanol–water partition coefficient (Wildman–Crippen LogP) is 3.34. The summed E-state index contributed by atoms with van der Waals surface area (Å²) in [5, 5.41) is 3.57. The Morgan fingerprint density at radius 2 is 1.95 bits per heavy atom. The number of hydrogen-bond acceptors (Lipinski definition) is 2. The second-order valence-electron chi connectivity index (χ2n) is 5.87. The average molecular weight is 274 g/mol. The molecule has 1 aromatic carbocycles. The van der Waals surface area contributed by atoms with Crippen LogP contribution in [0.25, 0.3) is 0 Å². The van der Waals surface area contributed by atoms with Crippen molar-refractivity contribution in [3.8, 4) is 0 Å². The molecular formula is C17H26N2O. The van der Waals surface area contributed by atoms with E-state index in [0.717, 1.165) is 25.2 Å². The van der Waals surface area contributed by atoms with Gasteiger partial charge in [0.15, 0.2) is 0 Å². The van der Waals surface area contributed by atoms with Crippen LogP contribution in [0.2, 0.25) is 0 Å². The first-order valence-corrected chi connectivity index (χ1v) is 7.74. The molecule has 1 aliphatic heterocycles. The molecule has 0 saturated carbocycles. The molecule has 1 aliphatic rings. The summed E-state index contributed by atoms with van der Waals surface area (Å²) >= 11 is 0. The van der Waals surface area contributed by atoms with E-state index in [9.17, 15) is 4.79 Å². The van der Waals surface area contributed by atoms with Crippen LogP contribution in [-0.4, -0.2) is 18.5 Å². The van der Waals surface area contributed by atoms with Gasteiger partial charge in [0, 0.05) is 31.2 Å². The highest BCUT2D eigenvalue weighted by atomic mass is 16.2. The Labute approximate surface area is 122 Å². The minimum Gasteiger partial charge on any atom is -0.312 e. The maximum absolute atomic E-state index is 11.7. The van der Waals surface area contributed by atoms with Gasteiger partial charge in [-0.25, -0.2) is 0 Å². The van der Waals surface area contributed by atoms with Gasteiger partial charge in [-0.1, -0.05) is 32.4 Å². The third-order valence-corrected chi connectivity index (χ3v) is 4.45. The quantitative estimate of drug-likeness (QED) is 0.863. The van der Waals surface area contributed by atoms with E-state index in [1.165, 1.54) is 12.0 Å². The van der Waals surface area contributed by atoms with Crippen molar-refractivity contribution in [3.05, 3.63) is 29.8 Å². The van der Waals surface area contributed by atoms with Gasteiger partial charge < -0.3 is 10.2 Å². The highest BCUT2D eigenvalue weighted by Gasteiger charge is 2.21. The Hall–Kier alpha value is -1.35. The highest BCUT2D eigenvalue weighted by molar-refractivity contribution is 5.95. The third kappa shape index (κ3) is 3.60. The van der Waals surface area contributed by atoms with Crippen molar-refractivity contribution >= 4 is 11.6 Å². The lowest BCUT2D eigenvalue weighted by Crippen LogP contribution is -2.31. The van der Waals surface area contributed by atoms with Crippen LogP contribution in [0.15, 0.2) is 24.3 Å².